The molecule has 0 heterocycles. The zero-order valence-corrected chi connectivity index (χ0v) is 11.8. The van der Waals surface area contributed by atoms with Crippen LogP contribution in [0.3, 0.4) is 0 Å². The summed E-state index contributed by atoms with van der Waals surface area (Å²) < 4.78 is 9.87. The number of carboxylic acid groups (broad SMARTS) is 1. The molecule has 0 aromatic rings. The van der Waals surface area contributed by atoms with E-state index in [1.807, 2.05) is 0 Å². The van der Waals surface area contributed by atoms with Crippen molar-refractivity contribution in [2.24, 2.45) is 0 Å². The van der Waals surface area contributed by atoms with Gasteiger partial charge in [0.15, 0.2) is 0 Å². The molecule has 0 aliphatic rings. The van der Waals surface area contributed by atoms with Crippen molar-refractivity contribution in [3.8, 4) is 0 Å². The third-order valence-corrected chi connectivity index (χ3v) is 2.63. The Morgan fingerprint density at radius 1 is 1.21 bits per heavy atom. The first-order valence-corrected chi connectivity index (χ1v) is 6.32. The van der Waals surface area contributed by atoms with Crippen molar-refractivity contribution in [3.63, 3.8) is 0 Å². The SMILES string of the molecule is CC[C@H](NC(=O)N(CCCOC)CCOC)C(=O)O. The van der Waals surface area contributed by atoms with Crippen LogP contribution in [0.15, 0.2) is 0 Å². The summed E-state index contributed by atoms with van der Waals surface area (Å²) >= 11 is 0. The number of nitrogens with zero attached hydrogens (tertiary/aromatic N) is 1. The van der Waals surface area contributed by atoms with Gasteiger partial charge in [-0.05, 0) is 12.8 Å². The van der Waals surface area contributed by atoms with Crippen molar-refractivity contribution in [3.05, 3.63) is 0 Å². The van der Waals surface area contributed by atoms with Crippen LogP contribution in [0, 0.1) is 0 Å². The average Bonchev–Trinajstić information content (AvgIpc) is 2.39. The number of ether oxygens (including phenoxy) is 2. The Balaban J connectivity index is 4.37. The maximum Gasteiger partial charge on any atom is 0.326 e. The van der Waals surface area contributed by atoms with E-state index in [9.17, 15) is 9.59 Å². The number of methoxy groups -OCH3 is 2. The van der Waals surface area contributed by atoms with Crippen LogP contribution in [0.1, 0.15) is 19.8 Å². The molecule has 0 fully saturated rings. The van der Waals surface area contributed by atoms with Crippen LogP contribution in [-0.2, 0) is 14.3 Å². The summed E-state index contributed by atoms with van der Waals surface area (Å²) in [5, 5.41) is 11.4. The van der Waals surface area contributed by atoms with Crippen LogP contribution >= 0.6 is 0 Å². The number of nitrogens with one attached hydrogen (secondary N) is 1. The van der Waals surface area contributed by atoms with Crippen molar-refractivity contribution in [2.75, 3.05) is 40.5 Å². The topological polar surface area (TPSA) is 88.1 Å². The first-order valence-electron chi connectivity index (χ1n) is 6.32. The van der Waals surface area contributed by atoms with E-state index in [4.69, 9.17) is 14.6 Å². The molecule has 7 heteroatoms. The number of urea groups is 1. The minimum absolute atomic E-state index is 0.345. The van der Waals surface area contributed by atoms with Crippen LogP contribution in [0.2, 0.25) is 0 Å². The van der Waals surface area contributed by atoms with Crippen molar-refractivity contribution in [1.29, 1.82) is 0 Å². The van der Waals surface area contributed by atoms with Gasteiger partial charge in [-0.2, -0.15) is 0 Å². The summed E-state index contributed by atoms with van der Waals surface area (Å²) in [4.78, 5) is 24.4. The van der Waals surface area contributed by atoms with E-state index in [0.717, 1.165) is 0 Å². The van der Waals surface area contributed by atoms with Gasteiger partial charge in [0.25, 0.3) is 0 Å². The standard InChI is InChI=1S/C12H24N2O5/c1-4-10(11(15)16)13-12(17)14(7-9-19-3)6-5-8-18-2/h10H,4-9H2,1-3H3,(H,13,17)(H,15,16)/t10-/m0/s1. The fraction of sp³-hybridized carbons (Fsp3) is 0.833. The quantitative estimate of drug-likeness (QED) is 0.569. The third kappa shape index (κ3) is 7.63. The van der Waals surface area contributed by atoms with Crippen molar-refractivity contribution in [1.82, 2.24) is 10.2 Å². The van der Waals surface area contributed by atoms with Crippen molar-refractivity contribution < 1.29 is 24.2 Å². The predicted molar refractivity (Wildman–Crippen MR) is 70.2 cm³/mol. The van der Waals surface area contributed by atoms with Crippen LogP contribution < -0.4 is 5.32 Å². The van der Waals surface area contributed by atoms with Gasteiger partial charge >= 0.3 is 12.0 Å². The second-order valence-corrected chi connectivity index (χ2v) is 4.07. The van der Waals surface area contributed by atoms with Crippen LogP contribution in [-0.4, -0.2) is 68.6 Å². The van der Waals surface area contributed by atoms with Gasteiger partial charge < -0.3 is 24.8 Å². The highest BCUT2D eigenvalue weighted by molar-refractivity contribution is 5.82. The minimum Gasteiger partial charge on any atom is -0.480 e. The summed E-state index contributed by atoms with van der Waals surface area (Å²) in [5.74, 6) is -1.03. The molecule has 0 aliphatic heterocycles. The second-order valence-electron chi connectivity index (χ2n) is 4.07. The van der Waals surface area contributed by atoms with E-state index in [1.54, 1.807) is 21.1 Å². The Morgan fingerprint density at radius 2 is 1.84 bits per heavy atom. The Morgan fingerprint density at radius 3 is 2.32 bits per heavy atom. The third-order valence-electron chi connectivity index (χ3n) is 2.63. The molecule has 0 spiro atoms. The number of carbonyl (C=O) groups is 2. The molecular formula is C12H24N2O5. The van der Waals surface area contributed by atoms with Crippen LogP contribution in [0.25, 0.3) is 0 Å². The molecule has 0 radical (unpaired) electrons. The maximum absolute atomic E-state index is 12.0. The molecule has 0 saturated heterocycles. The molecule has 0 aliphatic carbocycles. The first-order chi connectivity index (χ1) is 9.06. The molecule has 0 rings (SSSR count). The molecule has 0 aromatic carbocycles. The highest BCUT2D eigenvalue weighted by Crippen LogP contribution is 1.98. The fourth-order valence-corrected chi connectivity index (χ4v) is 1.49. The average molecular weight is 276 g/mol. The smallest absolute Gasteiger partial charge is 0.326 e. The van der Waals surface area contributed by atoms with E-state index in [0.29, 0.717) is 39.1 Å². The van der Waals surface area contributed by atoms with Gasteiger partial charge in [-0.3, -0.25) is 0 Å². The lowest BCUT2D eigenvalue weighted by molar-refractivity contribution is -0.139. The molecule has 2 amide bonds. The van der Waals surface area contributed by atoms with Crippen molar-refractivity contribution in [2.45, 2.75) is 25.8 Å². The first kappa shape index (κ1) is 17.7. The summed E-state index contributed by atoms with van der Waals surface area (Å²) in [6.07, 6.45) is 1.04. The van der Waals surface area contributed by atoms with Gasteiger partial charge in [0.1, 0.15) is 6.04 Å². The number of hydrogen-bond acceptors (Lipinski definition) is 4. The van der Waals surface area contributed by atoms with Crippen LogP contribution in [0.5, 0.6) is 0 Å². The van der Waals surface area contributed by atoms with E-state index >= 15 is 0 Å². The molecule has 0 unspecified atom stereocenters. The molecule has 112 valence electrons. The highest BCUT2D eigenvalue weighted by Gasteiger charge is 2.21. The number of aliphatic carboxylic acids is 1. The van der Waals surface area contributed by atoms with Gasteiger partial charge in [-0.25, -0.2) is 9.59 Å². The van der Waals surface area contributed by atoms with Gasteiger partial charge in [-0.15, -0.1) is 0 Å². The molecule has 1 atom stereocenters. The van der Waals surface area contributed by atoms with E-state index in [2.05, 4.69) is 5.32 Å². The van der Waals surface area contributed by atoms with Gasteiger partial charge in [0.2, 0.25) is 0 Å². The molecule has 2 N–H and O–H groups in total. The Kier molecular flexibility index (Phi) is 9.82. The predicted octanol–water partition coefficient (Wildman–Crippen LogP) is 0.544. The van der Waals surface area contributed by atoms with Gasteiger partial charge in [0, 0.05) is 33.9 Å². The highest BCUT2D eigenvalue weighted by atomic mass is 16.5. The minimum atomic E-state index is -1.03. The summed E-state index contributed by atoms with van der Waals surface area (Å²) in [7, 11) is 3.15. The van der Waals surface area contributed by atoms with E-state index in [1.165, 1.54) is 4.90 Å². The largest absolute Gasteiger partial charge is 0.480 e. The molecule has 0 aromatic heterocycles. The normalized spacial score (nSPS) is 11.9. The zero-order chi connectivity index (χ0) is 14.7. The lowest BCUT2D eigenvalue weighted by Gasteiger charge is -2.24. The molecule has 19 heavy (non-hydrogen) atoms. The van der Waals surface area contributed by atoms with Gasteiger partial charge in [-0.1, -0.05) is 6.92 Å². The van der Waals surface area contributed by atoms with E-state index < -0.39 is 12.0 Å². The van der Waals surface area contributed by atoms with Crippen molar-refractivity contribution >= 4 is 12.0 Å². The lowest BCUT2D eigenvalue weighted by atomic mass is 10.2. The number of rotatable bonds is 10. The number of amides is 2. The summed E-state index contributed by atoms with van der Waals surface area (Å²) in [6.45, 7) is 3.59. The zero-order valence-electron chi connectivity index (χ0n) is 11.8. The Bertz CT molecular complexity index is 273. The number of carbonyl (C=O) groups excluding carboxylic acids is 1. The molecule has 0 bridgehead atoms. The Labute approximate surface area is 113 Å². The second kappa shape index (κ2) is 10.6. The van der Waals surface area contributed by atoms with E-state index in [-0.39, 0.29) is 6.03 Å². The maximum atomic E-state index is 12.0. The lowest BCUT2D eigenvalue weighted by Crippen LogP contribution is -2.49. The Hall–Kier alpha value is -1.34. The number of hydrogen-bond donors (Lipinski definition) is 2. The summed E-state index contributed by atoms with van der Waals surface area (Å²) in [5.41, 5.74) is 0. The number of carboxylic acids is 1. The monoisotopic (exact) mass is 276 g/mol. The van der Waals surface area contributed by atoms with Crippen LogP contribution in [0.4, 0.5) is 4.79 Å². The van der Waals surface area contributed by atoms with Gasteiger partial charge in [0.05, 0.1) is 6.61 Å². The summed E-state index contributed by atoms with van der Waals surface area (Å²) in [6, 6.07) is -1.25. The molecular weight excluding hydrogens is 252 g/mol. The fourth-order valence-electron chi connectivity index (χ4n) is 1.49. The molecule has 7 nitrogen and oxygen atoms in total. The molecule has 0 saturated carbocycles.